The van der Waals surface area contributed by atoms with Crippen molar-refractivity contribution in [3.63, 3.8) is 0 Å². The van der Waals surface area contributed by atoms with Crippen LogP contribution in [0.4, 0.5) is 24.8 Å². The van der Waals surface area contributed by atoms with Gasteiger partial charge in [0.25, 0.3) is 0 Å². The van der Waals surface area contributed by atoms with Crippen LogP contribution in [0.5, 0.6) is 5.75 Å². The van der Waals surface area contributed by atoms with Crippen LogP contribution in [0.1, 0.15) is 11.1 Å². The van der Waals surface area contributed by atoms with E-state index < -0.39 is 11.7 Å². The average Bonchev–Trinajstić information content (AvgIpc) is 2.94. The third-order valence-corrected chi connectivity index (χ3v) is 3.99. The number of nitrogens with one attached hydrogen (secondary N) is 1. The Labute approximate surface area is 141 Å². The summed E-state index contributed by atoms with van der Waals surface area (Å²) in [7, 11) is 0. The van der Waals surface area contributed by atoms with E-state index in [9.17, 15) is 13.2 Å². The molecule has 0 atom stereocenters. The summed E-state index contributed by atoms with van der Waals surface area (Å²) in [5.41, 5.74) is 1.68. The summed E-state index contributed by atoms with van der Waals surface area (Å²) in [6.07, 6.45) is 2.77. The van der Waals surface area contributed by atoms with E-state index in [4.69, 9.17) is 4.74 Å². The zero-order valence-corrected chi connectivity index (χ0v) is 12.9. The summed E-state index contributed by atoms with van der Waals surface area (Å²) < 4.78 is 43.5. The molecule has 0 bridgehead atoms. The Morgan fingerprint density at radius 2 is 1.96 bits per heavy atom. The molecule has 8 heteroatoms. The van der Waals surface area contributed by atoms with Crippen LogP contribution in [0.15, 0.2) is 54.7 Å². The molecular weight excluding hydrogens is 333 g/mol. The number of allylic oxidation sites excluding steroid dienone is 1. The first-order valence-corrected chi connectivity index (χ1v) is 7.57. The predicted octanol–water partition coefficient (Wildman–Crippen LogP) is 3.84. The highest BCUT2D eigenvalue weighted by molar-refractivity contribution is 5.63. The number of halogens is 3. The summed E-state index contributed by atoms with van der Waals surface area (Å²) in [5, 5.41) is 2.98. The summed E-state index contributed by atoms with van der Waals surface area (Å²) in [6, 6.07) is 5.46. The zero-order valence-electron chi connectivity index (χ0n) is 12.9. The Balaban J connectivity index is 1.61. The van der Waals surface area contributed by atoms with Crippen molar-refractivity contribution in [3.05, 3.63) is 65.8 Å². The Morgan fingerprint density at radius 3 is 2.72 bits per heavy atom. The van der Waals surface area contributed by atoms with Gasteiger partial charge in [-0.1, -0.05) is 12.1 Å². The number of hydrogen-bond acceptors (Lipinski definition) is 5. The van der Waals surface area contributed by atoms with Crippen molar-refractivity contribution in [1.29, 1.82) is 0 Å². The van der Waals surface area contributed by atoms with E-state index >= 15 is 0 Å². The Bertz CT molecular complexity index is 859. The van der Waals surface area contributed by atoms with Gasteiger partial charge in [0.15, 0.2) is 0 Å². The van der Waals surface area contributed by atoms with Gasteiger partial charge in [-0.2, -0.15) is 13.2 Å². The van der Waals surface area contributed by atoms with Crippen LogP contribution in [0.2, 0.25) is 0 Å². The van der Waals surface area contributed by atoms with Gasteiger partial charge in [0.2, 0.25) is 5.95 Å². The van der Waals surface area contributed by atoms with Crippen LogP contribution >= 0.6 is 0 Å². The molecule has 0 spiro atoms. The number of alkyl halides is 3. The maximum atomic E-state index is 12.6. The molecule has 5 nitrogen and oxygen atoms in total. The standard InChI is InChI=1S/C17H13F3N4O/c18-17(19,20)11-7-21-16(22-8-11)23-14-4-1-5-15-13(14)9-24-6-2-3-12(24)10-25-15/h1-5,7-8,10H,6,9H2,(H,21,22,23). The third-order valence-electron chi connectivity index (χ3n) is 3.99. The first-order valence-electron chi connectivity index (χ1n) is 7.57. The molecule has 0 saturated heterocycles. The van der Waals surface area contributed by atoms with E-state index in [2.05, 4.69) is 20.2 Å². The van der Waals surface area contributed by atoms with Crippen molar-refractivity contribution >= 4 is 11.6 Å². The SMILES string of the molecule is FC(F)(F)c1cnc(Nc2cccc3c2CN2CC=CC2=CO3)nc1. The fourth-order valence-corrected chi connectivity index (χ4v) is 2.71. The molecule has 0 amide bonds. The highest BCUT2D eigenvalue weighted by Crippen LogP contribution is 2.34. The monoisotopic (exact) mass is 346 g/mol. The summed E-state index contributed by atoms with van der Waals surface area (Å²) >= 11 is 0. The Kier molecular flexibility index (Phi) is 3.60. The molecule has 1 aromatic carbocycles. The lowest BCUT2D eigenvalue weighted by Gasteiger charge is -2.19. The lowest BCUT2D eigenvalue weighted by Crippen LogP contribution is -2.17. The van der Waals surface area contributed by atoms with Gasteiger partial charge in [0.05, 0.1) is 11.3 Å². The minimum Gasteiger partial charge on any atom is -0.462 e. The first kappa shape index (κ1) is 15.5. The van der Waals surface area contributed by atoms with E-state index in [0.717, 1.165) is 30.2 Å². The van der Waals surface area contributed by atoms with Crippen molar-refractivity contribution in [2.45, 2.75) is 12.7 Å². The largest absolute Gasteiger partial charge is 0.462 e. The topological polar surface area (TPSA) is 50.3 Å². The fourth-order valence-electron chi connectivity index (χ4n) is 2.71. The first-order chi connectivity index (χ1) is 12.0. The van der Waals surface area contributed by atoms with E-state index in [1.54, 1.807) is 12.3 Å². The number of nitrogens with zero attached hydrogens (tertiary/aromatic N) is 3. The van der Waals surface area contributed by atoms with Gasteiger partial charge in [-0.25, -0.2) is 9.97 Å². The van der Waals surface area contributed by atoms with Crippen LogP contribution in [0.3, 0.4) is 0 Å². The lowest BCUT2D eigenvalue weighted by atomic mass is 10.1. The molecule has 0 fully saturated rings. The third kappa shape index (κ3) is 3.02. The van der Waals surface area contributed by atoms with E-state index in [-0.39, 0.29) is 5.95 Å². The van der Waals surface area contributed by atoms with Crippen LogP contribution < -0.4 is 10.1 Å². The van der Waals surface area contributed by atoms with Gasteiger partial charge < -0.3 is 15.0 Å². The lowest BCUT2D eigenvalue weighted by molar-refractivity contribution is -0.138. The molecule has 1 N–H and O–H groups in total. The van der Waals surface area contributed by atoms with Crippen molar-refractivity contribution in [2.75, 3.05) is 11.9 Å². The van der Waals surface area contributed by atoms with Gasteiger partial charge in [0.1, 0.15) is 12.0 Å². The molecule has 2 aliphatic heterocycles. The predicted molar refractivity (Wildman–Crippen MR) is 85.0 cm³/mol. The molecule has 0 radical (unpaired) electrons. The molecule has 0 unspecified atom stereocenters. The van der Waals surface area contributed by atoms with Gasteiger partial charge in [0, 0.05) is 36.7 Å². The second-order valence-electron chi connectivity index (χ2n) is 5.64. The fraction of sp³-hybridized carbons (Fsp3) is 0.176. The zero-order chi connectivity index (χ0) is 17.4. The molecule has 1 aromatic heterocycles. The van der Waals surface area contributed by atoms with E-state index in [1.807, 2.05) is 24.3 Å². The van der Waals surface area contributed by atoms with Crippen molar-refractivity contribution < 1.29 is 17.9 Å². The molecule has 25 heavy (non-hydrogen) atoms. The minimum atomic E-state index is -4.46. The van der Waals surface area contributed by atoms with Crippen LogP contribution in [0, 0.1) is 0 Å². The Morgan fingerprint density at radius 1 is 1.16 bits per heavy atom. The molecule has 3 heterocycles. The summed E-state index contributed by atoms with van der Waals surface area (Å²) in [5.74, 6) is 0.783. The van der Waals surface area contributed by atoms with Gasteiger partial charge >= 0.3 is 6.18 Å². The molecule has 4 rings (SSSR count). The number of hydrogen-bond donors (Lipinski definition) is 1. The molecule has 128 valence electrons. The molecule has 0 aliphatic carbocycles. The number of benzene rings is 1. The second kappa shape index (κ2) is 5.80. The quantitative estimate of drug-likeness (QED) is 0.895. The van der Waals surface area contributed by atoms with E-state index in [1.165, 1.54) is 0 Å². The average molecular weight is 346 g/mol. The highest BCUT2D eigenvalue weighted by Gasteiger charge is 2.31. The second-order valence-corrected chi connectivity index (χ2v) is 5.64. The van der Waals surface area contributed by atoms with Crippen molar-refractivity contribution in [1.82, 2.24) is 14.9 Å². The summed E-state index contributed by atoms with van der Waals surface area (Å²) in [6.45, 7) is 1.39. The van der Waals surface area contributed by atoms with Crippen LogP contribution in [-0.4, -0.2) is 21.4 Å². The molecule has 0 saturated carbocycles. The van der Waals surface area contributed by atoms with Crippen LogP contribution in [0.25, 0.3) is 0 Å². The van der Waals surface area contributed by atoms with Gasteiger partial charge in [-0.05, 0) is 18.2 Å². The summed E-state index contributed by atoms with van der Waals surface area (Å²) in [4.78, 5) is 9.64. The maximum absolute atomic E-state index is 12.6. The number of ether oxygens (including phenoxy) is 1. The molecule has 2 aliphatic rings. The molecule has 2 aromatic rings. The smallest absolute Gasteiger partial charge is 0.419 e. The number of rotatable bonds is 2. The van der Waals surface area contributed by atoms with Crippen molar-refractivity contribution in [3.8, 4) is 5.75 Å². The minimum absolute atomic E-state index is 0.0957. The van der Waals surface area contributed by atoms with Gasteiger partial charge in [-0.3, -0.25) is 0 Å². The van der Waals surface area contributed by atoms with Crippen molar-refractivity contribution in [2.24, 2.45) is 0 Å². The number of fused-ring (bicyclic) bond motifs is 2. The Hall–Kier alpha value is -3.03. The number of anilines is 2. The van der Waals surface area contributed by atoms with Crippen LogP contribution in [-0.2, 0) is 12.7 Å². The highest BCUT2D eigenvalue weighted by atomic mass is 19.4. The van der Waals surface area contributed by atoms with Gasteiger partial charge in [-0.15, -0.1) is 0 Å². The number of aromatic nitrogens is 2. The van der Waals surface area contributed by atoms with E-state index in [0.29, 0.717) is 18.0 Å². The molecular formula is C17H13F3N4O. The normalized spacial score (nSPS) is 15.8. The maximum Gasteiger partial charge on any atom is 0.419 e.